The lowest BCUT2D eigenvalue weighted by Crippen LogP contribution is -2.13. The van der Waals surface area contributed by atoms with E-state index in [0.29, 0.717) is 22.4 Å². The molecule has 13 rings (SSSR count). The molecule has 8 aromatic rings. The van der Waals surface area contributed by atoms with Crippen molar-refractivity contribution < 1.29 is 9.59 Å². The van der Waals surface area contributed by atoms with Crippen molar-refractivity contribution in [3.05, 3.63) is 147 Å². The van der Waals surface area contributed by atoms with E-state index in [1.807, 2.05) is 60.7 Å². The van der Waals surface area contributed by atoms with Crippen LogP contribution in [0.25, 0.3) is 74.7 Å². The largest absolute Gasteiger partial charge is 0.289 e. The number of rotatable bonds is 4. The van der Waals surface area contributed by atoms with Gasteiger partial charge in [0.25, 0.3) is 0 Å². The summed E-state index contributed by atoms with van der Waals surface area (Å²) in [6.45, 7) is 8.59. The molecule has 14 nitrogen and oxygen atoms in total. The van der Waals surface area contributed by atoms with E-state index in [9.17, 15) is 51.7 Å². The molecule has 4 aliphatic carbocycles. The van der Waals surface area contributed by atoms with Crippen molar-refractivity contribution in [2.75, 3.05) is 0 Å². The van der Waals surface area contributed by atoms with Crippen molar-refractivity contribution >= 4 is 126 Å². The summed E-state index contributed by atoms with van der Waals surface area (Å²) >= 11 is 8.43. The molecular formula is C58H22N12O2S6. The number of ketones is 2. The van der Waals surface area contributed by atoms with Crippen LogP contribution in [0.4, 0.5) is 11.4 Å². The number of carbonyl (C=O) groups is 2. The van der Waals surface area contributed by atoms with Gasteiger partial charge in [0, 0.05) is 94.4 Å². The first kappa shape index (κ1) is 48.0. The molecule has 0 saturated heterocycles. The number of hydrogen-bond acceptors (Lipinski definition) is 19. The minimum atomic E-state index is -0.473. The summed E-state index contributed by atoms with van der Waals surface area (Å²) in [5.74, 6) is -0.893. The Morgan fingerprint density at radius 1 is 0.474 bits per heavy atom. The Balaban J connectivity index is 0.882. The fourth-order valence-corrected chi connectivity index (χ4v) is 17.8. The zero-order valence-corrected chi connectivity index (χ0v) is 45.3. The van der Waals surface area contributed by atoms with Crippen molar-refractivity contribution in [2.45, 2.75) is 38.5 Å². The third kappa shape index (κ3) is 6.40. The van der Waals surface area contributed by atoms with Gasteiger partial charge >= 0.3 is 0 Å². The Hall–Kier alpha value is -9.68. The third-order valence-corrected chi connectivity index (χ3v) is 20.7. The quantitative estimate of drug-likeness (QED) is 0.117. The number of nitrogens with zero attached hydrogens (tertiary/aromatic N) is 12. The van der Waals surface area contributed by atoms with Crippen LogP contribution in [0.15, 0.2) is 79.5 Å². The van der Waals surface area contributed by atoms with E-state index in [2.05, 4.69) is 39.8 Å². The van der Waals surface area contributed by atoms with Gasteiger partial charge in [0.05, 0.1) is 45.3 Å². The van der Waals surface area contributed by atoms with Crippen LogP contribution in [-0.2, 0) is 22.2 Å². The van der Waals surface area contributed by atoms with Crippen molar-refractivity contribution in [1.29, 1.82) is 42.1 Å². The Morgan fingerprint density at radius 2 is 0.821 bits per heavy atom. The molecular weight excluding hydrogens is 1090 g/mol. The summed E-state index contributed by atoms with van der Waals surface area (Å²) in [6.07, 6.45) is 3.39. The first-order chi connectivity index (χ1) is 37.6. The van der Waals surface area contributed by atoms with E-state index in [-0.39, 0.29) is 77.9 Å². The Labute approximate surface area is 466 Å². The van der Waals surface area contributed by atoms with Crippen molar-refractivity contribution in [2.24, 2.45) is 8.73 Å². The van der Waals surface area contributed by atoms with Crippen LogP contribution in [-0.4, -0.2) is 20.3 Å². The molecule has 0 amide bonds. The van der Waals surface area contributed by atoms with Crippen molar-refractivity contribution in [1.82, 2.24) is 8.75 Å². The maximum Gasteiger partial charge on any atom is 0.194 e. The van der Waals surface area contributed by atoms with Crippen LogP contribution in [0.3, 0.4) is 0 Å². The van der Waals surface area contributed by atoms with Gasteiger partial charge in [-0.2, -0.15) is 59.6 Å². The molecule has 0 bridgehead atoms. The summed E-state index contributed by atoms with van der Waals surface area (Å²) in [5, 5.41) is 79.1. The molecule has 1 aliphatic heterocycles. The summed E-state index contributed by atoms with van der Waals surface area (Å²) in [6, 6.07) is 29.6. The van der Waals surface area contributed by atoms with Crippen LogP contribution in [0.5, 0.6) is 0 Å². The summed E-state index contributed by atoms with van der Waals surface area (Å²) < 4.78 is 19.7. The number of nitriles is 8. The predicted octanol–water partition coefficient (Wildman–Crippen LogP) is 14.3. The minimum Gasteiger partial charge on any atom is -0.289 e. The number of allylic oxidation sites excluding steroid dienone is 6. The highest BCUT2D eigenvalue weighted by molar-refractivity contribution is 7.58. The molecule has 0 spiro atoms. The lowest BCUT2D eigenvalue weighted by molar-refractivity contribution is 0.103. The topological polar surface area (TPSA) is 275 Å². The van der Waals surface area contributed by atoms with Crippen molar-refractivity contribution in [3.63, 3.8) is 0 Å². The average Bonchev–Trinajstić information content (AvgIpc) is 4.41. The number of hydrogen-bond donors (Lipinski definition) is 0. The van der Waals surface area contributed by atoms with Gasteiger partial charge in [0.1, 0.15) is 82.1 Å². The van der Waals surface area contributed by atoms with Gasteiger partial charge in [-0.05, 0) is 94.1 Å². The number of carbonyl (C=O) groups excluding carboxylic acids is 2. The zero-order valence-electron chi connectivity index (χ0n) is 40.4. The molecule has 362 valence electrons. The second-order valence-corrected chi connectivity index (χ2v) is 24.8. The van der Waals surface area contributed by atoms with Crippen LogP contribution >= 0.6 is 57.1 Å². The fourth-order valence-electron chi connectivity index (χ4n) is 11.1. The molecule has 6 heterocycles. The minimum absolute atomic E-state index is 0.0271. The van der Waals surface area contributed by atoms with Gasteiger partial charge in [-0.25, -0.2) is 0 Å². The SMILES string of the molecule is CC1(C)c2cc(/C=C3\C(=O)c4cc(C#N)c(C#N)cc4C3=C(C#N)C#N)sc2-c2sc(-c3c4c(c(-c5cc6c(s5)-c5sc(/C=C7\C(=O)c8cc(C#N)c(C#N)cc8C7=C(C#N)C#N)cc5C6(C)C)c5nsnc35)N=S=N4)cc21. The van der Waals surface area contributed by atoms with Crippen LogP contribution in [0.2, 0.25) is 0 Å². The highest BCUT2D eigenvalue weighted by atomic mass is 32.1. The lowest BCUT2D eigenvalue weighted by atomic mass is 9.83. The first-order valence-electron chi connectivity index (χ1n) is 23.2. The van der Waals surface area contributed by atoms with Gasteiger partial charge in [0.15, 0.2) is 11.6 Å². The third-order valence-electron chi connectivity index (χ3n) is 14.9. The molecule has 0 fully saturated rings. The monoisotopic (exact) mass is 1110 g/mol. The van der Waals surface area contributed by atoms with Gasteiger partial charge in [0.2, 0.25) is 0 Å². The number of thiophene rings is 4. The second kappa shape index (κ2) is 16.9. The van der Waals surface area contributed by atoms with Crippen LogP contribution < -0.4 is 0 Å². The number of benzene rings is 3. The molecule has 0 N–H and O–H groups in total. The van der Waals surface area contributed by atoms with Crippen molar-refractivity contribution in [3.8, 4) is 88.9 Å². The van der Waals surface area contributed by atoms with Gasteiger partial charge < -0.3 is 0 Å². The Morgan fingerprint density at radius 3 is 1.18 bits per heavy atom. The summed E-state index contributed by atoms with van der Waals surface area (Å²) in [4.78, 5) is 35.6. The van der Waals surface area contributed by atoms with Gasteiger partial charge in [-0.1, -0.05) is 27.7 Å². The maximum atomic E-state index is 14.1. The molecule has 0 radical (unpaired) electrons. The van der Waals surface area contributed by atoms with Crippen LogP contribution in [0.1, 0.15) is 114 Å². The standard InChI is InChI=1S/C58H22N12O2S6/c1-57(2)37-11-29(9-35-43(27(19-63)20-64)31-5-23(15-59)25(17-61)7-33(31)51(35)71)73-53(37)55-39(57)13-41(75-55)45-47-49(69-77-67-47)46(50-48(45)68-78-70-50)42-14-40-56(76-42)54-38(58(40,3)4)12-30(74-54)10-36-44(28(21-65)22-66)32-6-24(16-60)26(18-62)8-34(32)52(36)72/h5-14H,1-4H3/b35-9-,36-10-. The summed E-state index contributed by atoms with van der Waals surface area (Å²) in [5.41, 5.74) is 8.75. The van der Waals surface area contributed by atoms with E-state index in [1.54, 1.807) is 34.8 Å². The lowest BCUT2D eigenvalue weighted by Gasteiger charge is -2.19. The van der Waals surface area contributed by atoms with E-state index in [4.69, 9.17) is 17.5 Å². The maximum absolute atomic E-state index is 14.1. The second-order valence-electron chi connectivity index (χ2n) is 19.5. The molecule has 5 aromatic heterocycles. The number of aromatic nitrogens is 2. The Kier molecular flexibility index (Phi) is 10.4. The number of Topliss-reactive ketones (excluding diaryl/α,β-unsaturated/α-hetero) is 2. The highest BCUT2D eigenvalue weighted by Crippen LogP contribution is 2.63. The summed E-state index contributed by atoms with van der Waals surface area (Å²) in [7, 11) is 0. The van der Waals surface area contributed by atoms with Crippen LogP contribution in [0, 0.1) is 90.6 Å². The van der Waals surface area contributed by atoms with E-state index >= 15 is 0 Å². The molecule has 3 aromatic carbocycles. The normalized spacial score (nSPS) is 15.9. The Bertz CT molecular complexity index is 4600. The van der Waals surface area contributed by atoms with E-state index in [0.717, 1.165) is 95.5 Å². The number of fused-ring (bicyclic) bond motifs is 10. The predicted molar refractivity (Wildman–Crippen MR) is 299 cm³/mol. The van der Waals surface area contributed by atoms with E-state index < -0.39 is 22.4 Å². The molecule has 0 saturated carbocycles. The fraction of sp³-hybridized carbons (Fsp3) is 0.103. The molecule has 5 aliphatic rings. The molecule has 0 unspecified atom stereocenters. The first-order valence-corrected chi connectivity index (χ1v) is 28.0. The zero-order chi connectivity index (χ0) is 54.4. The molecule has 0 atom stereocenters. The van der Waals surface area contributed by atoms with Gasteiger partial charge in [-0.3, -0.25) is 9.59 Å². The molecule has 20 heteroatoms. The smallest absolute Gasteiger partial charge is 0.194 e. The van der Waals surface area contributed by atoms with E-state index in [1.165, 1.54) is 46.9 Å². The average molecular weight is 1110 g/mol. The van der Waals surface area contributed by atoms with Gasteiger partial charge in [-0.15, -0.1) is 45.3 Å². The molecule has 78 heavy (non-hydrogen) atoms. The highest BCUT2D eigenvalue weighted by Gasteiger charge is 2.44.